The Morgan fingerprint density at radius 2 is 1.92 bits per heavy atom. The Hall–Kier alpha value is -1.67. The van der Waals surface area contributed by atoms with Crippen LogP contribution in [0.4, 0.5) is 9.18 Å². The summed E-state index contributed by atoms with van der Waals surface area (Å²) in [5.74, 6) is -0.638. The fourth-order valence-electron chi connectivity index (χ4n) is 2.85. The molecule has 0 saturated carbocycles. The van der Waals surface area contributed by atoms with Gasteiger partial charge in [0.2, 0.25) is 10.0 Å². The molecule has 1 saturated heterocycles. The van der Waals surface area contributed by atoms with E-state index in [0.29, 0.717) is 12.1 Å². The first kappa shape index (κ1) is 20.6. The Balaban J connectivity index is 1.96. The van der Waals surface area contributed by atoms with E-state index in [1.165, 1.54) is 24.3 Å². The van der Waals surface area contributed by atoms with E-state index in [4.69, 9.17) is 4.74 Å². The second-order valence-electron chi connectivity index (χ2n) is 7.56. The van der Waals surface area contributed by atoms with Gasteiger partial charge in [0.15, 0.2) is 0 Å². The Labute approximate surface area is 154 Å². The summed E-state index contributed by atoms with van der Waals surface area (Å²) in [7, 11) is -3.58. The number of amides is 1. The highest BCUT2D eigenvalue weighted by atomic mass is 32.2. The van der Waals surface area contributed by atoms with Gasteiger partial charge in [-0.25, -0.2) is 22.3 Å². The number of benzene rings is 1. The van der Waals surface area contributed by atoms with Gasteiger partial charge in [-0.2, -0.15) is 0 Å². The summed E-state index contributed by atoms with van der Waals surface area (Å²) in [5, 5.41) is 0. The predicted molar refractivity (Wildman–Crippen MR) is 97.6 cm³/mol. The van der Waals surface area contributed by atoms with E-state index in [2.05, 4.69) is 4.72 Å². The number of sulfonamides is 1. The third-order valence-electron chi connectivity index (χ3n) is 4.06. The molecule has 1 amide bonds. The van der Waals surface area contributed by atoms with Crippen molar-refractivity contribution < 1.29 is 22.3 Å². The maximum atomic E-state index is 12.9. The molecule has 0 aromatic heterocycles. The van der Waals surface area contributed by atoms with Crippen LogP contribution in [0.3, 0.4) is 0 Å². The van der Waals surface area contributed by atoms with Crippen LogP contribution in [0.2, 0.25) is 0 Å². The van der Waals surface area contributed by atoms with Crippen molar-refractivity contribution in [2.75, 3.05) is 13.1 Å². The third-order valence-corrected chi connectivity index (χ3v) is 5.38. The van der Waals surface area contributed by atoms with E-state index in [9.17, 15) is 17.6 Å². The van der Waals surface area contributed by atoms with Crippen LogP contribution < -0.4 is 4.72 Å². The van der Waals surface area contributed by atoms with Gasteiger partial charge in [-0.1, -0.05) is 12.1 Å². The van der Waals surface area contributed by atoms with Gasteiger partial charge in [0.25, 0.3) is 0 Å². The standard InChI is InChI=1S/C18H27FN2O4S/c1-18(2,3)25-17(22)21-11-5-4-6-16(21)12-20-26(23,24)13-14-7-9-15(19)10-8-14/h7-10,16,20H,4-6,11-13H2,1-3H3. The number of nitrogens with zero attached hydrogens (tertiary/aromatic N) is 1. The summed E-state index contributed by atoms with van der Waals surface area (Å²) in [4.78, 5) is 14.0. The molecule has 1 fully saturated rings. The van der Waals surface area contributed by atoms with Gasteiger partial charge in [0, 0.05) is 19.1 Å². The molecule has 8 heteroatoms. The lowest BCUT2D eigenvalue weighted by Gasteiger charge is -2.36. The molecule has 6 nitrogen and oxygen atoms in total. The summed E-state index contributed by atoms with van der Waals surface area (Å²) in [6.07, 6.45) is 2.11. The summed E-state index contributed by atoms with van der Waals surface area (Å²) in [6.45, 7) is 6.10. The van der Waals surface area contributed by atoms with Crippen molar-refractivity contribution in [3.8, 4) is 0 Å². The molecule has 1 aliphatic rings. The van der Waals surface area contributed by atoms with E-state index < -0.39 is 27.5 Å². The van der Waals surface area contributed by atoms with Crippen molar-refractivity contribution in [3.05, 3.63) is 35.6 Å². The molecule has 0 aliphatic carbocycles. The van der Waals surface area contributed by atoms with Crippen LogP contribution in [0.25, 0.3) is 0 Å². The quantitative estimate of drug-likeness (QED) is 0.844. The molecule has 2 rings (SSSR count). The normalized spacial score (nSPS) is 18.6. The lowest BCUT2D eigenvalue weighted by atomic mass is 10.0. The average Bonchev–Trinajstić information content (AvgIpc) is 2.54. The summed E-state index contributed by atoms with van der Waals surface area (Å²) < 4.78 is 45.5. The van der Waals surface area contributed by atoms with Crippen LogP contribution in [0.15, 0.2) is 24.3 Å². The number of nitrogens with one attached hydrogen (secondary N) is 1. The minimum atomic E-state index is -3.58. The maximum absolute atomic E-state index is 12.9. The number of carbonyl (C=O) groups excluding carboxylic acids is 1. The molecule has 1 N–H and O–H groups in total. The van der Waals surface area contributed by atoms with Crippen LogP contribution in [0.5, 0.6) is 0 Å². The monoisotopic (exact) mass is 386 g/mol. The van der Waals surface area contributed by atoms with Gasteiger partial charge >= 0.3 is 6.09 Å². The number of carbonyl (C=O) groups is 1. The van der Waals surface area contributed by atoms with Gasteiger partial charge in [-0.15, -0.1) is 0 Å². The number of likely N-dealkylation sites (tertiary alicyclic amines) is 1. The first-order valence-corrected chi connectivity index (χ1v) is 10.4. The molecule has 0 spiro atoms. The first-order chi connectivity index (χ1) is 12.1. The van der Waals surface area contributed by atoms with E-state index in [0.717, 1.165) is 19.3 Å². The fraction of sp³-hybridized carbons (Fsp3) is 0.611. The highest BCUT2D eigenvalue weighted by molar-refractivity contribution is 7.88. The summed E-state index contributed by atoms with van der Waals surface area (Å²) >= 11 is 0. The molecule has 1 heterocycles. The lowest BCUT2D eigenvalue weighted by Crippen LogP contribution is -2.50. The van der Waals surface area contributed by atoms with Crippen LogP contribution >= 0.6 is 0 Å². The molecular formula is C18H27FN2O4S. The minimum absolute atomic E-state index is 0.142. The Morgan fingerprint density at radius 1 is 1.27 bits per heavy atom. The van der Waals surface area contributed by atoms with Crippen LogP contribution in [-0.2, 0) is 20.5 Å². The van der Waals surface area contributed by atoms with Crippen molar-refractivity contribution in [2.45, 2.75) is 57.4 Å². The highest BCUT2D eigenvalue weighted by Crippen LogP contribution is 2.20. The molecular weight excluding hydrogens is 359 g/mol. The molecule has 1 aromatic rings. The first-order valence-electron chi connectivity index (χ1n) is 8.77. The van der Waals surface area contributed by atoms with Crippen LogP contribution in [-0.4, -0.2) is 44.1 Å². The van der Waals surface area contributed by atoms with Crippen molar-refractivity contribution in [3.63, 3.8) is 0 Å². The van der Waals surface area contributed by atoms with Crippen molar-refractivity contribution in [1.29, 1.82) is 0 Å². The topological polar surface area (TPSA) is 75.7 Å². The van der Waals surface area contributed by atoms with Gasteiger partial charge in [-0.3, -0.25) is 0 Å². The number of hydrogen-bond acceptors (Lipinski definition) is 4. The second-order valence-corrected chi connectivity index (χ2v) is 9.36. The van der Waals surface area contributed by atoms with Crippen molar-refractivity contribution in [1.82, 2.24) is 9.62 Å². The smallest absolute Gasteiger partial charge is 0.410 e. The van der Waals surface area contributed by atoms with Crippen molar-refractivity contribution >= 4 is 16.1 Å². The maximum Gasteiger partial charge on any atom is 0.410 e. The van der Waals surface area contributed by atoms with E-state index in [1.807, 2.05) is 0 Å². The zero-order chi connectivity index (χ0) is 19.4. The predicted octanol–water partition coefficient (Wildman–Crippen LogP) is 3.03. The fourth-order valence-corrected chi connectivity index (χ4v) is 4.03. The number of piperidine rings is 1. The zero-order valence-corrected chi connectivity index (χ0v) is 16.3. The van der Waals surface area contributed by atoms with Gasteiger partial charge in [0.05, 0.1) is 5.75 Å². The Morgan fingerprint density at radius 3 is 2.54 bits per heavy atom. The molecule has 26 heavy (non-hydrogen) atoms. The number of rotatable bonds is 5. The molecule has 1 atom stereocenters. The molecule has 0 bridgehead atoms. The minimum Gasteiger partial charge on any atom is -0.444 e. The van der Waals surface area contributed by atoms with Gasteiger partial charge in [-0.05, 0) is 57.7 Å². The second kappa shape index (κ2) is 8.35. The van der Waals surface area contributed by atoms with Gasteiger partial charge in [0.1, 0.15) is 11.4 Å². The molecule has 1 unspecified atom stereocenters. The Bertz CT molecular complexity index is 714. The van der Waals surface area contributed by atoms with Crippen LogP contribution in [0.1, 0.15) is 45.6 Å². The Kier molecular flexibility index (Phi) is 6.63. The number of ether oxygens (including phenoxy) is 1. The SMILES string of the molecule is CC(C)(C)OC(=O)N1CCCCC1CNS(=O)(=O)Cc1ccc(F)cc1. The molecule has 1 aliphatic heterocycles. The van der Waals surface area contributed by atoms with E-state index in [-0.39, 0.29) is 18.3 Å². The van der Waals surface area contributed by atoms with Gasteiger partial charge < -0.3 is 9.64 Å². The number of hydrogen-bond donors (Lipinski definition) is 1. The molecule has 0 radical (unpaired) electrons. The molecule has 1 aromatic carbocycles. The largest absolute Gasteiger partial charge is 0.444 e. The molecule has 146 valence electrons. The zero-order valence-electron chi connectivity index (χ0n) is 15.5. The lowest BCUT2D eigenvalue weighted by molar-refractivity contribution is 0.0105. The number of halogens is 1. The average molecular weight is 386 g/mol. The summed E-state index contributed by atoms with van der Waals surface area (Å²) in [6, 6.07) is 5.12. The third kappa shape index (κ3) is 6.57. The van der Waals surface area contributed by atoms with E-state index >= 15 is 0 Å². The van der Waals surface area contributed by atoms with Crippen LogP contribution in [0, 0.1) is 5.82 Å². The summed E-state index contributed by atoms with van der Waals surface area (Å²) in [5.41, 5.74) is -0.0900. The van der Waals surface area contributed by atoms with E-state index in [1.54, 1.807) is 25.7 Å². The highest BCUT2D eigenvalue weighted by Gasteiger charge is 2.31. The van der Waals surface area contributed by atoms with Crippen molar-refractivity contribution in [2.24, 2.45) is 0 Å².